The number of ether oxygens (including phenoxy) is 1. The molecule has 1 heterocycles. The van der Waals surface area contributed by atoms with Crippen LogP contribution in [0.1, 0.15) is 11.1 Å². The maximum absolute atomic E-state index is 11.9. The molecule has 0 radical (unpaired) electrons. The van der Waals surface area contributed by atoms with Crippen LogP contribution in [0.4, 0.5) is 0 Å². The maximum atomic E-state index is 11.9. The molecule has 0 aromatic heterocycles. The topological polar surface area (TPSA) is 67.4 Å². The average Bonchev–Trinajstić information content (AvgIpc) is 2.58. The Balaban J connectivity index is 1.76. The molecule has 8 heteroatoms. The Bertz CT molecular complexity index is 924. The fourth-order valence-electron chi connectivity index (χ4n) is 2.27. The fourth-order valence-corrected chi connectivity index (χ4v) is 3.15. The summed E-state index contributed by atoms with van der Waals surface area (Å²) in [6, 6.07) is 12.7. The number of hydrogen-bond acceptors (Lipinski definition) is 4. The third-order valence-corrected chi connectivity index (χ3v) is 4.74. The van der Waals surface area contributed by atoms with Gasteiger partial charge in [0.2, 0.25) is 0 Å². The Morgan fingerprint density at radius 2 is 1.81 bits per heavy atom. The van der Waals surface area contributed by atoms with Crippen molar-refractivity contribution in [3.8, 4) is 5.75 Å². The molecule has 0 aliphatic carbocycles. The maximum Gasteiger partial charge on any atom is 0.263 e. The van der Waals surface area contributed by atoms with E-state index in [1.165, 1.54) is 6.08 Å². The lowest BCUT2D eigenvalue weighted by atomic mass is 10.1. The molecule has 26 heavy (non-hydrogen) atoms. The largest absolute Gasteiger partial charge is 0.488 e. The summed E-state index contributed by atoms with van der Waals surface area (Å²) in [4.78, 5) is 23.8. The van der Waals surface area contributed by atoms with Crippen molar-refractivity contribution in [3.05, 3.63) is 68.7 Å². The number of thiocarbonyl (C=S) groups is 1. The molecule has 1 fully saturated rings. The first-order valence-electron chi connectivity index (χ1n) is 7.48. The molecule has 1 aliphatic rings. The Kier molecular flexibility index (Phi) is 5.70. The number of carbonyl (C=O) groups is 2. The van der Waals surface area contributed by atoms with Crippen LogP contribution in [-0.2, 0) is 16.2 Å². The van der Waals surface area contributed by atoms with Gasteiger partial charge in [0.05, 0.1) is 4.47 Å². The zero-order chi connectivity index (χ0) is 18.7. The zero-order valence-corrected chi connectivity index (χ0v) is 16.4. The van der Waals surface area contributed by atoms with E-state index in [2.05, 4.69) is 26.6 Å². The van der Waals surface area contributed by atoms with Crippen LogP contribution in [0.5, 0.6) is 5.75 Å². The standard InChI is InChI=1S/C18H12BrClN2O3S/c19-13-8-10(7-12-16(23)21-18(26)22-17(12)24)5-6-15(13)25-9-11-3-1-2-4-14(11)20/h1-8H,9H2,(H2,21,22,23,24,26). The molecule has 0 atom stereocenters. The van der Waals surface area contributed by atoms with Crippen LogP contribution in [-0.4, -0.2) is 16.9 Å². The molecule has 2 amide bonds. The highest BCUT2D eigenvalue weighted by Gasteiger charge is 2.25. The Morgan fingerprint density at radius 3 is 2.46 bits per heavy atom. The van der Waals surface area contributed by atoms with Gasteiger partial charge in [0.15, 0.2) is 5.11 Å². The van der Waals surface area contributed by atoms with E-state index in [0.717, 1.165) is 5.56 Å². The van der Waals surface area contributed by atoms with Crippen molar-refractivity contribution < 1.29 is 14.3 Å². The third-order valence-electron chi connectivity index (χ3n) is 3.55. The number of nitrogens with one attached hydrogen (secondary N) is 2. The van der Waals surface area contributed by atoms with Crippen molar-refractivity contribution in [1.29, 1.82) is 0 Å². The van der Waals surface area contributed by atoms with Gasteiger partial charge in [-0.15, -0.1) is 0 Å². The quantitative estimate of drug-likeness (QED) is 0.423. The van der Waals surface area contributed by atoms with Gasteiger partial charge in [-0.2, -0.15) is 0 Å². The summed E-state index contributed by atoms with van der Waals surface area (Å²) >= 11 is 14.3. The van der Waals surface area contributed by atoms with Crippen LogP contribution < -0.4 is 15.4 Å². The molecule has 0 saturated carbocycles. The summed E-state index contributed by atoms with van der Waals surface area (Å²) in [6.45, 7) is 0.320. The lowest BCUT2D eigenvalue weighted by molar-refractivity contribution is -0.123. The van der Waals surface area contributed by atoms with Crippen molar-refractivity contribution in [2.24, 2.45) is 0 Å². The number of carbonyl (C=O) groups excluding carboxylic acids is 2. The van der Waals surface area contributed by atoms with E-state index in [4.69, 9.17) is 28.6 Å². The van der Waals surface area contributed by atoms with Gasteiger partial charge < -0.3 is 4.74 Å². The number of amides is 2. The fraction of sp³-hybridized carbons (Fsp3) is 0.0556. The number of halogens is 2. The van der Waals surface area contributed by atoms with Crippen LogP contribution in [0.25, 0.3) is 6.08 Å². The van der Waals surface area contributed by atoms with E-state index in [-0.39, 0.29) is 10.7 Å². The molecule has 0 bridgehead atoms. The van der Waals surface area contributed by atoms with Gasteiger partial charge in [-0.05, 0) is 58.0 Å². The minimum Gasteiger partial charge on any atom is -0.488 e. The highest BCUT2D eigenvalue weighted by molar-refractivity contribution is 9.10. The van der Waals surface area contributed by atoms with E-state index in [0.29, 0.717) is 27.4 Å². The highest BCUT2D eigenvalue weighted by Crippen LogP contribution is 2.28. The smallest absolute Gasteiger partial charge is 0.263 e. The Hall–Kier alpha value is -2.22. The molecule has 2 N–H and O–H groups in total. The van der Waals surface area contributed by atoms with Crippen LogP contribution in [0.15, 0.2) is 52.5 Å². The van der Waals surface area contributed by atoms with E-state index in [9.17, 15) is 9.59 Å². The van der Waals surface area contributed by atoms with Gasteiger partial charge in [0.1, 0.15) is 17.9 Å². The SMILES string of the molecule is O=C1NC(=S)NC(=O)C1=Cc1ccc(OCc2ccccc2Cl)c(Br)c1. The summed E-state index contributed by atoms with van der Waals surface area (Å²) in [7, 11) is 0. The number of hydrogen-bond donors (Lipinski definition) is 2. The lowest BCUT2D eigenvalue weighted by Crippen LogP contribution is -2.51. The molecular weight excluding hydrogens is 440 g/mol. The second-order valence-electron chi connectivity index (χ2n) is 5.37. The number of rotatable bonds is 4. The summed E-state index contributed by atoms with van der Waals surface area (Å²) in [5, 5.41) is 5.42. The van der Waals surface area contributed by atoms with Crippen molar-refractivity contribution >= 4 is 62.8 Å². The molecule has 2 aromatic carbocycles. The minimum absolute atomic E-state index is 0.00153. The summed E-state index contributed by atoms with van der Waals surface area (Å²) in [6.07, 6.45) is 1.48. The third kappa shape index (κ3) is 4.30. The minimum atomic E-state index is -0.533. The average molecular weight is 452 g/mol. The van der Waals surface area contributed by atoms with Crippen LogP contribution in [0.2, 0.25) is 5.02 Å². The van der Waals surface area contributed by atoms with E-state index in [1.807, 2.05) is 18.2 Å². The Labute approximate surface area is 168 Å². The molecule has 0 spiro atoms. The van der Waals surface area contributed by atoms with Gasteiger partial charge in [0.25, 0.3) is 11.8 Å². The van der Waals surface area contributed by atoms with E-state index >= 15 is 0 Å². The van der Waals surface area contributed by atoms with Gasteiger partial charge >= 0.3 is 0 Å². The highest BCUT2D eigenvalue weighted by atomic mass is 79.9. The molecular formula is C18H12BrClN2O3S. The second-order valence-corrected chi connectivity index (χ2v) is 7.04. The first-order valence-corrected chi connectivity index (χ1v) is 9.06. The van der Waals surface area contributed by atoms with Crippen molar-refractivity contribution in [1.82, 2.24) is 10.6 Å². The summed E-state index contributed by atoms with van der Waals surface area (Å²) in [5.41, 5.74) is 1.52. The van der Waals surface area contributed by atoms with Crippen LogP contribution >= 0.6 is 39.7 Å². The zero-order valence-electron chi connectivity index (χ0n) is 13.2. The first kappa shape index (κ1) is 18.6. The molecule has 2 aromatic rings. The molecule has 0 unspecified atom stereocenters. The van der Waals surface area contributed by atoms with Gasteiger partial charge in [-0.25, -0.2) is 0 Å². The van der Waals surface area contributed by atoms with E-state index in [1.54, 1.807) is 24.3 Å². The van der Waals surface area contributed by atoms with Gasteiger partial charge in [-0.1, -0.05) is 35.9 Å². The molecule has 1 saturated heterocycles. The van der Waals surface area contributed by atoms with E-state index < -0.39 is 11.8 Å². The predicted molar refractivity (Wildman–Crippen MR) is 107 cm³/mol. The van der Waals surface area contributed by atoms with Crippen molar-refractivity contribution in [3.63, 3.8) is 0 Å². The van der Waals surface area contributed by atoms with Crippen LogP contribution in [0, 0.1) is 0 Å². The molecule has 5 nitrogen and oxygen atoms in total. The molecule has 3 rings (SSSR count). The molecule has 132 valence electrons. The monoisotopic (exact) mass is 450 g/mol. The lowest BCUT2D eigenvalue weighted by Gasteiger charge is -2.16. The van der Waals surface area contributed by atoms with Gasteiger partial charge in [0, 0.05) is 10.6 Å². The van der Waals surface area contributed by atoms with Gasteiger partial charge in [-0.3, -0.25) is 20.2 Å². The summed E-state index contributed by atoms with van der Waals surface area (Å²) in [5.74, 6) is -0.450. The van der Waals surface area contributed by atoms with Crippen LogP contribution in [0.3, 0.4) is 0 Å². The molecule has 1 aliphatic heterocycles. The predicted octanol–water partition coefficient (Wildman–Crippen LogP) is 3.60. The normalized spacial score (nSPS) is 13.9. The summed E-state index contributed by atoms with van der Waals surface area (Å²) < 4.78 is 6.46. The van der Waals surface area contributed by atoms with Crippen molar-refractivity contribution in [2.75, 3.05) is 0 Å². The second kappa shape index (κ2) is 7.99. The first-order chi connectivity index (χ1) is 12.4. The Morgan fingerprint density at radius 1 is 1.12 bits per heavy atom. The van der Waals surface area contributed by atoms with Crippen molar-refractivity contribution in [2.45, 2.75) is 6.61 Å². The number of benzene rings is 2.